The van der Waals surface area contributed by atoms with Gasteiger partial charge in [0, 0.05) is 39.4 Å². The molecule has 3 N–H and O–H groups in total. The molecule has 27 heavy (non-hydrogen) atoms. The highest BCUT2D eigenvalue weighted by atomic mass is 16.3. The van der Waals surface area contributed by atoms with Crippen LogP contribution in [0.15, 0.2) is 53.7 Å². The number of aliphatic hydroxyl groups excluding tert-OH is 1. The third-order valence-electron chi connectivity index (χ3n) is 4.83. The second-order valence-corrected chi connectivity index (χ2v) is 6.92. The summed E-state index contributed by atoms with van der Waals surface area (Å²) < 4.78 is 0. The number of aromatic nitrogens is 1. The highest BCUT2D eigenvalue weighted by Gasteiger charge is 2.16. The first-order valence-electron chi connectivity index (χ1n) is 9.55. The lowest BCUT2D eigenvalue weighted by atomic mass is 10.1. The summed E-state index contributed by atoms with van der Waals surface area (Å²) in [5.74, 6) is 0.761. The lowest BCUT2D eigenvalue weighted by Crippen LogP contribution is -2.36. The number of aliphatic hydroxyl groups is 1. The molecule has 0 saturated carbocycles. The summed E-state index contributed by atoms with van der Waals surface area (Å²) in [6.45, 7) is 4.27. The molecule has 6 heteroatoms. The zero-order valence-corrected chi connectivity index (χ0v) is 15.9. The minimum absolute atomic E-state index is 0.115. The van der Waals surface area contributed by atoms with Gasteiger partial charge in [0.2, 0.25) is 0 Å². The summed E-state index contributed by atoms with van der Waals surface area (Å²) in [5, 5.41) is 16.2. The fourth-order valence-electron chi connectivity index (χ4n) is 3.18. The monoisotopic (exact) mass is 367 g/mol. The van der Waals surface area contributed by atoms with E-state index in [0.717, 1.165) is 50.7 Å². The van der Waals surface area contributed by atoms with Crippen molar-refractivity contribution in [1.29, 1.82) is 0 Å². The summed E-state index contributed by atoms with van der Waals surface area (Å²) >= 11 is 0. The number of piperidine rings is 1. The number of benzene rings is 1. The van der Waals surface area contributed by atoms with Gasteiger partial charge in [-0.2, -0.15) is 0 Å². The van der Waals surface area contributed by atoms with E-state index in [2.05, 4.69) is 49.8 Å². The molecule has 0 spiro atoms. The van der Waals surface area contributed by atoms with Crippen molar-refractivity contribution in [3.8, 4) is 0 Å². The van der Waals surface area contributed by atoms with E-state index in [-0.39, 0.29) is 6.10 Å². The van der Waals surface area contributed by atoms with E-state index in [1.165, 1.54) is 11.1 Å². The molecule has 0 radical (unpaired) electrons. The van der Waals surface area contributed by atoms with Crippen molar-refractivity contribution in [2.24, 2.45) is 4.99 Å². The number of likely N-dealkylation sites (tertiary alicyclic amines) is 1. The zero-order chi connectivity index (χ0) is 18.9. The molecule has 1 aromatic heterocycles. The van der Waals surface area contributed by atoms with Gasteiger partial charge in [-0.25, -0.2) is 0 Å². The number of nitrogens with one attached hydrogen (secondary N) is 2. The van der Waals surface area contributed by atoms with Crippen molar-refractivity contribution in [2.45, 2.75) is 38.6 Å². The third-order valence-corrected chi connectivity index (χ3v) is 4.83. The molecule has 1 fully saturated rings. The molecule has 1 saturated heterocycles. The summed E-state index contributed by atoms with van der Waals surface area (Å²) in [4.78, 5) is 11.0. The highest BCUT2D eigenvalue weighted by molar-refractivity contribution is 5.79. The lowest BCUT2D eigenvalue weighted by Gasteiger charge is -2.29. The standard InChI is InChI=1S/C21H29N5O/c1-22-21(25-15-19-4-2-3-11-23-19)24-14-17-5-7-18(8-6-17)16-26-12-9-20(27)10-13-26/h2-8,11,20,27H,9-10,12-16H2,1H3,(H2,22,24,25). The first kappa shape index (κ1) is 19.3. The van der Waals surface area contributed by atoms with E-state index in [4.69, 9.17) is 0 Å². The van der Waals surface area contributed by atoms with E-state index < -0.39 is 0 Å². The Morgan fingerprint density at radius 2 is 1.78 bits per heavy atom. The average molecular weight is 367 g/mol. The summed E-state index contributed by atoms with van der Waals surface area (Å²) in [5.41, 5.74) is 3.51. The molecule has 0 amide bonds. The van der Waals surface area contributed by atoms with Gasteiger partial charge >= 0.3 is 0 Å². The van der Waals surface area contributed by atoms with E-state index in [0.29, 0.717) is 6.54 Å². The molecule has 1 aliphatic rings. The highest BCUT2D eigenvalue weighted by Crippen LogP contribution is 2.14. The van der Waals surface area contributed by atoms with Crippen LogP contribution in [0.5, 0.6) is 0 Å². The smallest absolute Gasteiger partial charge is 0.191 e. The SMILES string of the molecule is CN=C(NCc1ccc(CN2CCC(O)CC2)cc1)NCc1ccccn1. The molecular weight excluding hydrogens is 338 g/mol. The van der Waals surface area contributed by atoms with Gasteiger partial charge in [0.25, 0.3) is 0 Å². The predicted octanol–water partition coefficient (Wildman–Crippen LogP) is 1.90. The maximum absolute atomic E-state index is 9.60. The van der Waals surface area contributed by atoms with Crippen molar-refractivity contribution in [2.75, 3.05) is 20.1 Å². The largest absolute Gasteiger partial charge is 0.393 e. The molecule has 1 aromatic carbocycles. The molecule has 1 aliphatic heterocycles. The molecule has 2 aromatic rings. The average Bonchev–Trinajstić information content (AvgIpc) is 2.72. The van der Waals surface area contributed by atoms with Gasteiger partial charge in [0.1, 0.15) is 0 Å². The number of hydrogen-bond acceptors (Lipinski definition) is 4. The van der Waals surface area contributed by atoms with Crippen molar-refractivity contribution >= 4 is 5.96 Å². The fourth-order valence-corrected chi connectivity index (χ4v) is 3.18. The van der Waals surface area contributed by atoms with Crippen molar-refractivity contribution < 1.29 is 5.11 Å². The third kappa shape index (κ3) is 6.34. The molecule has 3 rings (SSSR count). The van der Waals surface area contributed by atoms with Crippen LogP contribution in [0.2, 0.25) is 0 Å². The Kier molecular flexibility index (Phi) is 7.19. The van der Waals surface area contributed by atoms with Gasteiger partial charge in [-0.15, -0.1) is 0 Å². The minimum Gasteiger partial charge on any atom is -0.393 e. The molecule has 0 aliphatic carbocycles. The van der Waals surface area contributed by atoms with Gasteiger partial charge in [0.05, 0.1) is 18.3 Å². The van der Waals surface area contributed by atoms with Crippen LogP contribution in [0.1, 0.15) is 29.7 Å². The maximum atomic E-state index is 9.60. The van der Waals surface area contributed by atoms with Gasteiger partial charge in [-0.1, -0.05) is 30.3 Å². The number of aliphatic imine (C=N–C) groups is 1. The topological polar surface area (TPSA) is 72.8 Å². The van der Waals surface area contributed by atoms with E-state index in [1.807, 2.05) is 18.2 Å². The quantitative estimate of drug-likeness (QED) is 0.537. The Labute approximate surface area is 161 Å². The van der Waals surface area contributed by atoms with Crippen molar-refractivity contribution in [1.82, 2.24) is 20.5 Å². The first-order chi connectivity index (χ1) is 13.2. The second-order valence-electron chi connectivity index (χ2n) is 6.92. The zero-order valence-electron chi connectivity index (χ0n) is 15.9. The molecule has 6 nitrogen and oxygen atoms in total. The van der Waals surface area contributed by atoms with Crippen LogP contribution in [0, 0.1) is 0 Å². The predicted molar refractivity (Wildman–Crippen MR) is 108 cm³/mol. The Bertz CT molecular complexity index is 709. The van der Waals surface area contributed by atoms with E-state index >= 15 is 0 Å². The van der Waals surface area contributed by atoms with Crippen LogP contribution < -0.4 is 10.6 Å². The minimum atomic E-state index is -0.115. The number of hydrogen-bond donors (Lipinski definition) is 3. The maximum Gasteiger partial charge on any atom is 0.191 e. The molecule has 0 bridgehead atoms. The van der Waals surface area contributed by atoms with Crippen LogP contribution >= 0.6 is 0 Å². The normalized spacial score (nSPS) is 16.3. The molecule has 0 unspecified atom stereocenters. The van der Waals surface area contributed by atoms with Crippen LogP contribution in [-0.4, -0.2) is 47.2 Å². The van der Waals surface area contributed by atoms with E-state index in [9.17, 15) is 5.11 Å². The van der Waals surface area contributed by atoms with Crippen LogP contribution in [-0.2, 0) is 19.6 Å². The molecule has 0 atom stereocenters. The van der Waals surface area contributed by atoms with Gasteiger partial charge < -0.3 is 15.7 Å². The van der Waals surface area contributed by atoms with Crippen LogP contribution in [0.3, 0.4) is 0 Å². The summed E-state index contributed by atoms with van der Waals surface area (Å²) in [6, 6.07) is 14.6. The number of pyridine rings is 1. The van der Waals surface area contributed by atoms with Crippen molar-refractivity contribution in [3.63, 3.8) is 0 Å². The molecular formula is C21H29N5O. The first-order valence-corrected chi connectivity index (χ1v) is 9.55. The summed E-state index contributed by atoms with van der Waals surface area (Å²) in [7, 11) is 1.77. The number of rotatable bonds is 6. The Morgan fingerprint density at radius 1 is 1.07 bits per heavy atom. The van der Waals surface area contributed by atoms with Gasteiger partial charge in [0.15, 0.2) is 5.96 Å². The Hall–Kier alpha value is -2.44. The van der Waals surface area contributed by atoms with Gasteiger partial charge in [-0.05, 0) is 36.1 Å². The number of guanidine groups is 1. The fraction of sp³-hybridized carbons (Fsp3) is 0.429. The van der Waals surface area contributed by atoms with E-state index in [1.54, 1.807) is 13.2 Å². The second kappa shape index (κ2) is 10.0. The van der Waals surface area contributed by atoms with Crippen LogP contribution in [0.25, 0.3) is 0 Å². The van der Waals surface area contributed by atoms with Crippen LogP contribution in [0.4, 0.5) is 0 Å². The Balaban J connectivity index is 1.43. The van der Waals surface area contributed by atoms with Crippen molar-refractivity contribution in [3.05, 3.63) is 65.5 Å². The van der Waals surface area contributed by atoms with Gasteiger partial charge in [-0.3, -0.25) is 14.9 Å². The molecule has 144 valence electrons. The molecule has 2 heterocycles. The number of nitrogens with zero attached hydrogens (tertiary/aromatic N) is 3. The summed E-state index contributed by atoms with van der Waals surface area (Å²) in [6.07, 6.45) is 3.44. The Morgan fingerprint density at radius 3 is 2.44 bits per heavy atom. The lowest BCUT2D eigenvalue weighted by molar-refractivity contribution is 0.0792.